The molecule has 0 radical (unpaired) electrons. The van der Waals surface area contributed by atoms with Gasteiger partial charge >= 0.3 is 5.97 Å². The van der Waals surface area contributed by atoms with E-state index in [2.05, 4.69) is 5.16 Å². The predicted octanol–water partition coefficient (Wildman–Crippen LogP) is 1.90. The van der Waals surface area contributed by atoms with Gasteiger partial charge in [0, 0.05) is 0 Å². The quantitative estimate of drug-likeness (QED) is 0.615. The van der Waals surface area contributed by atoms with Gasteiger partial charge in [-0.05, 0) is 24.6 Å². The Labute approximate surface area is 92.3 Å². The zero-order valence-electron chi connectivity index (χ0n) is 8.76. The van der Waals surface area contributed by atoms with Crippen LogP contribution in [-0.4, -0.2) is 23.9 Å². The summed E-state index contributed by atoms with van der Waals surface area (Å²) in [4.78, 5) is 15.2. The molecule has 0 aliphatic rings. The molecule has 1 N–H and O–H groups in total. The van der Waals surface area contributed by atoms with Crippen molar-refractivity contribution in [2.75, 3.05) is 6.61 Å². The highest BCUT2D eigenvalue weighted by Gasteiger charge is 2.10. The molecule has 0 aliphatic carbocycles. The number of hydrogen-bond donors (Lipinski definition) is 1. The zero-order valence-corrected chi connectivity index (χ0v) is 8.76. The van der Waals surface area contributed by atoms with E-state index in [1.54, 1.807) is 12.1 Å². The summed E-state index contributed by atoms with van der Waals surface area (Å²) >= 11 is 0. The molecule has 0 heterocycles. The average molecular weight is 225 g/mol. The van der Waals surface area contributed by atoms with Crippen LogP contribution in [-0.2, 0) is 9.63 Å². The van der Waals surface area contributed by atoms with Crippen molar-refractivity contribution in [2.45, 2.75) is 6.92 Å². The van der Waals surface area contributed by atoms with Crippen LogP contribution in [0.4, 0.5) is 4.39 Å². The number of hydrogen-bond acceptors (Lipinski definition) is 3. The first kappa shape index (κ1) is 12.2. The molecule has 1 rings (SSSR count). The van der Waals surface area contributed by atoms with Crippen molar-refractivity contribution in [3.8, 4) is 0 Å². The minimum atomic E-state index is -0.944. The van der Waals surface area contributed by atoms with E-state index in [1.807, 2.05) is 0 Å². The number of carbonyl (C=O) groups is 1. The molecule has 86 valence electrons. The smallest absolute Gasteiger partial charge is 0.309 e. The fourth-order valence-electron chi connectivity index (χ4n) is 0.911. The molecule has 0 saturated carbocycles. The van der Waals surface area contributed by atoms with E-state index in [4.69, 9.17) is 9.94 Å². The van der Waals surface area contributed by atoms with Crippen molar-refractivity contribution in [1.82, 2.24) is 0 Å². The largest absolute Gasteiger partial charge is 0.481 e. The van der Waals surface area contributed by atoms with Crippen molar-refractivity contribution < 1.29 is 19.1 Å². The van der Waals surface area contributed by atoms with Gasteiger partial charge in [-0.25, -0.2) is 4.39 Å². The number of rotatable bonds is 5. The number of carboxylic acid groups (broad SMARTS) is 1. The number of nitrogens with zero attached hydrogens (tertiary/aromatic N) is 1. The Kier molecular flexibility index (Phi) is 4.44. The average Bonchev–Trinajstić information content (AvgIpc) is 2.24. The number of carboxylic acids is 1. The lowest BCUT2D eigenvalue weighted by molar-refractivity contribution is -0.143. The Hall–Kier alpha value is -1.91. The van der Waals surface area contributed by atoms with E-state index in [0.717, 1.165) is 0 Å². The maximum absolute atomic E-state index is 12.7. The monoisotopic (exact) mass is 225 g/mol. The number of halogens is 1. The molecule has 0 fully saturated rings. The Morgan fingerprint density at radius 3 is 3.06 bits per heavy atom. The maximum atomic E-state index is 12.7. The van der Waals surface area contributed by atoms with Crippen LogP contribution in [0.1, 0.15) is 12.5 Å². The highest BCUT2D eigenvalue weighted by molar-refractivity contribution is 5.78. The van der Waals surface area contributed by atoms with Crippen LogP contribution in [0, 0.1) is 11.7 Å². The van der Waals surface area contributed by atoms with E-state index in [0.29, 0.717) is 5.56 Å². The van der Waals surface area contributed by atoms with Crippen molar-refractivity contribution in [3.05, 3.63) is 35.6 Å². The number of benzene rings is 1. The van der Waals surface area contributed by atoms with E-state index >= 15 is 0 Å². The lowest BCUT2D eigenvalue weighted by Gasteiger charge is -2.02. The van der Waals surface area contributed by atoms with Crippen LogP contribution in [0.5, 0.6) is 0 Å². The van der Waals surface area contributed by atoms with Gasteiger partial charge in [0.1, 0.15) is 12.4 Å². The molecule has 0 saturated heterocycles. The molecule has 0 unspecified atom stereocenters. The summed E-state index contributed by atoms with van der Waals surface area (Å²) in [7, 11) is 0. The van der Waals surface area contributed by atoms with Crippen LogP contribution in [0.2, 0.25) is 0 Å². The summed E-state index contributed by atoms with van der Waals surface area (Å²) in [6.07, 6.45) is 1.33. The van der Waals surface area contributed by atoms with Crippen molar-refractivity contribution >= 4 is 12.2 Å². The molecule has 16 heavy (non-hydrogen) atoms. The summed E-state index contributed by atoms with van der Waals surface area (Å²) in [6.45, 7) is 1.50. The molecule has 1 aromatic carbocycles. The molecule has 4 nitrogen and oxygen atoms in total. The minimum absolute atomic E-state index is 0.0127. The summed E-state index contributed by atoms with van der Waals surface area (Å²) in [5, 5.41) is 12.1. The van der Waals surface area contributed by atoms with E-state index in [-0.39, 0.29) is 12.4 Å². The second-order valence-electron chi connectivity index (χ2n) is 3.32. The standard InChI is InChI=1S/C11H12FNO3/c1-8(11(14)15)7-16-13-6-9-3-2-4-10(12)5-9/h2-6,8H,7H2,1H3,(H,14,15)/b13-6+/t8-/m0/s1. The van der Waals surface area contributed by atoms with Crippen LogP contribution < -0.4 is 0 Å². The van der Waals surface area contributed by atoms with Gasteiger partial charge in [0.2, 0.25) is 0 Å². The molecule has 1 aromatic rings. The van der Waals surface area contributed by atoms with Gasteiger partial charge in [-0.3, -0.25) is 4.79 Å². The lowest BCUT2D eigenvalue weighted by atomic mass is 10.2. The van der Waals surface area contributed by atoms with Crippen LogP contribution in [0.25, 0.3) is 0 Å². The molecular weight excluding hydrogens is 213 g/mol. The summed E-state index contributed by atoms with van der Waals surface area (Å²) in [6, 6.07) is 5.84. The third-order valence-corrected chi connectivity index (χ3v) is 1.87. The van der Waals surface area contributed by atoms with Gasteiger partial charge in [-0.2, -0.15) is 0 Å². The Bertz CT molecular complexity index is 393. The fraction of sp³-hybridized carbons (Fsp3) is 0.273. The summed E-state index contributed by atoms with van der Waals surface area (Å²) in [5.74, 6) is -1.92. The minimum Gasteiger partial charge on any atom is -0.481 e. The van der Waals surface area contributed by atoms with Gasteiger partial charge in [0.15, 0.2) is 0 Å². The molecule has 0 bridgehead atoms. The second-order valence-corrected chi connectivity index (χ2v) is 3.32. The van der Waals surface area contributed by atoms with Crippen LogP contribution in [0.3, 0.4) is 0 Å². The van der Waals surface area contributed by atoms with Gasteiger partial charge in [0.05, 0.1) is 12.1 Å². The third kappa shape index (κ3) is 4.08. The summed E-state index contributed by atoms with van der Waals surface area (Å²) < 4.78 is 12.7. The Balaban J connectivity index is 2.41. The Morgan fingerprint density at radius 2 is 2.44 bits per heavy atom. The SMILES string of the molecule is C[C@@H](CO/N=C/c1cccc(F)c1)C(=O)O. The molecular formula is C11H12FNO3. The summed E-state index contributed by atoms with van der Waals surface area (Å²) in [5.41, 5.74) is 0.558. The van der Waals surface area contributed by atoms with Gasteiger partial charge < -0.3 is 9.94 Å². The Morgan fingerprint density at radius 1 is 1.69 bits per heavy atom. The highest BCUT2D eigenvalue weighted by Crippen LogP contribution is 2.01. The molecule has 0 amide bonds. The molecule has 0 aliphatic heterocycles. The predicted molar refractivity (Wildman–Crippen MR) is 56.7 cm³/mol. The topological polar surface area (TPSA) is 58.9 Å². The lowest BCUT2D eigenvalue weighted by Crippen LogP contribution is -2.14. The molecule has 1 atom stereocenters. The fourth-order valence-corrected chi connectivity index (χ4v) is 0.911. The van der Waals surface area contributed by atoms with Crippen molar-refractivity contribution in [2.24, 2.45) is 11.1 Å². The molecule has 0 aromatic heterocycles. The van der Waals surface area contributed by atoms with Crippen molar-refractivity contribution in [3.63, 3.8) is 0 Å². The first-order valence-electron chi connectivity index (χ1n) is 4.73. The van der Waals surface area contributed by atoms with E-state index in [1.165, 1.54) is 25.3 Å². The van der Waals surface area contributed by atoms with Gasteiger partial charge in [-0.1, -0.05) is 17.3 Å². The van der Waals surface area contributed by atoms with Gasteiger partial charge in [0.25, 0.3) is 0 Å². The van der Waals surface area contributed by atoms with Crippen LogP contribution >= 0.6 is 0 Å². The second kappa shape index (κ2) is 5.85. The number of oxime groups is 1. The molecule has 0 spiro atoms. The highest BCUT2D eigenvalue weighted by atomic mass is 19.1. The first-order valence-corrected chi connectivity index (χ1v) is 4.73. The number of aliphatic carboxylic acids is 1. The van der Waals surface area contributed by atoms with E-state index in [9.17, 15) is 9.18 Å². The maximum Gasteiger partial charge on any atom is 0.309 e. The van der Waals surface area contributed by atoms with E-state index < -0.39 is 11.9 Å². The van der Waals surface area contributed by atoms with Crippen LogP contribution in [0.15, 0.2) is 29.4 Å². The molecule has 5 heteroatoms. The van der Waals surface area contributed by atoms with Crippen molar-refractivity contribution in [1.29, 1.82) is 0 Å². The third-order valence-electron chi connectivity index (χ3n) is 1.87. The normalized spacial score (nSPS) is 12.6. The van der Waals surface area contributed by atoms with Gasteiger partial charge in [-0.15, -0.1) is 0 Å². The first-order chi connectivity index (χ1) is 7.59. The zero-order chi connectivity index (χ0) is 12.0.